The van der Waals surface area contributed by atoms with Gasteiger partial charge in [-0.25, -0.2) is 0 Å². The first kappa shape index (κ1) is 16.7. The van der Waals surface area contributed by atoms with Crippen LogP contribution in [0, 0.1) is 6.92 Å². The molecule has 0 aromatic heterocycles. The summed E-state index contributed by atoms with van der Waals surface area (Å²) in [5.74, 6) is 2.82. The van der Waals surface area contributed by atoms with E-state index in [4.69, 9.17) is 9.47 Å². The fourth-order valence-corrected chi connectivity index (χ4v) is 3.51. The molecule has 1 aliphatic heterocycles. The van der Waals surface area contributed by atoms with Gasteiger partial charge in [0.2, 0.25) is 12.7 Å². The molecule has 126 valence electrons. The van der Waals surface area contributed by atoms with Crippen molar-refractivity contribution in [3.63, 3.8) is 0 Å². The molecule has 5 heteroatoms. The van der Waals surface area contributed by atoms with Gasteiger partial charge in [-0.1, -0.05) is 30.3 Å². The van der Waals surface area contributed by atoms with Crippen LogP contribution in [0.3, 0.4) is 0 Å². The largest absolute Gasteiger partial charge is 0.454 e. The van der Waals surface area contributed by atoms with Gasteiger partial charge in [-0.3, -0.25) is 4.79 Å². The van der Waals surface area contributed by atoms with Crippen LogP contribution in [0.1, 0.15) is 29.7 Å². The third-order valence-electron chi connectivity index (χ3n) is 3.97. The van der Waals surface area contributed by atoms with E-state index in [2.05, 4.69) is 24.4 Å². The van der Waals surface area contributed by atoms with E-state index >= 15 is 0 Å². The molecule has 1 N–H and O–H groups in total. The Morgan fingerprint density at radius 3 is 2.83 bits per heavy atom. The second-order valence-electron chi connectivity index (χ2n) is 5.83. The van der Waals surface area contributed by atoms with Crippen LogP contribution < -0.4 is 14.8 Å². The van der Waals surface area contributed by atoms with E-state index in [1.165, 1.54) is 5.56 Å². The molecule has 1 heterocycles. The molecule has 0 fully saturated rings. The van der Waals surface area contributed by atoms with Gasteiger partial charge in [-0.2, -0.15) is 0 Å². The molecule has 0 spiro atoms. The lowest BCUT2D eigenvalue weighted by Crippen LogP contribution is -2.28. The SMILES string of the molecule is Cc1ccccc1C(C)NC(=O)CSCc1ccc2c(c1)OCO2. The summed E-state index contributed by atoms with van der Waals surface area (Å²) in [6.45, 7) is 4.36. The van der Waals surface area contributed by atoms with E-state index in [0.717, 1.165) is 28.4 Å². The quantitative estimate of drug-likeness (QED) is 0.866. The first-order valence-electron chi connectivity index (χ1n) is 7.94. The number of hydrogen-bond donors (Lipinski definition) is 1. The maximum Gasteiger partial charge on any atom is 0.231 e. The Hall–Kier alpha value is -2.14. The van der Waals surface area contributed by atoms with Gasteiger partial charge in [0.25, 0.3) is 0 Å². The molecule has 4 nitrogen and oxygen atoms in total. The molecular formula is C19H21NO3S. The number of amides is 1. The summed E-state index contributed by atoms with van der Waals surface area (Å²) in [6.07, 6.45) is 0. The molecule has 0 saturated carbocycles. The Bertz CT molecular complexity index is 732. The Labute approximate surface area is 146 Å². The lowest BCUT2D eigenvalue weighted by molar-refractivity contribution is -0.119. The molecule has 0 saturated heterocycles. The van der Waals surface area contributed by atoms with E-state index in [1.807, 2.05) is 37.3 Å². The zero-order valence-corrected chi connectivity index (χ0v) is 14.7. The number of aryl methyl sites for hydroxylation is 1. The highest BCUT2D eigenvalue weighted by atomic mass is 32.2. The van der Waals surface area contributed by atoms with E-state index in [9.17, 15) is 4.79 Å². The second-order valence-corrected chi connectivity index (χ2v) is 6.81. The van der Waals surface area contributed by atoms with Gasteiger partial charge in [0.05, 0.1) is 11.8 Å². The van der Waals surface area contributed by atoms with Crippen LogP contribution in [0.15, 0.2) is 42.5 Å². The molecule has 2 aromatic carbocycles. The number of benzene rings is 2. The van der Waals surface area contributed by atoms with Gasteiger partial charge < -0.3 is 14.8 Å². The lowest BCUT2D eigenvalue weighted by atomic mass is 10.0. The molecule has 2 aromatic rings. The Morgan fingerprint density at radius 2 is 2.00 bits per heavy atom. The molecular weight excluding hydrogens is 322 g/mol. The molecule has 0 radical (unpaired) electrons. The summed E-state index contributed by atoms with van der Waals surface area (Å²) < 4.78 is 10.7. The fraction of sp³-hybridized carbons (Fsp3) is 0.316. The lowest BCUT2D eigenvalue weighted by Gasteiger charge is -2.16. The number of fused-ring (bicyclic) bond motifs is 1. The zero-order chi connectivity index (χ0) is 16.9. The Kier molecular flexibility index (Phi) is 5.30. The van der Waals surface area contributed by atoms with Crippen LogP contribution in [0.5, 0.6) is 11.5 Å². The van der Waals surface area contributed by atoms with E-state index in [1.54, 1.807) is 11.8 Å². The van der Waals surface area contributed by atoms with Crippen LogP contribution >= 0.6 is 11.8 Å². The van der Waals surface area contributed by atoms with E-state index in [-0.39, 0.29) is 18.7 Å². The van der Waals surface area contributed by atoms with Gasteiger partial charge in [-0.15, -0.1) is 11.8 Å². The van der Waals surface area contributed by atoms with Gasteiger partial charge >= 0.3 is 0 Å². The number of rotatable bonds is 6. The average molecular weight is 343 g/mol. The molecule has 1 aliphatic rings. The Balaban J connectivity index is 1.47. The third-order valence-corrected chi connectivity index (χ3v) is 4.98. The van der Waals surface area contributed by atoms with Gasteiger partial charge in [0.15, 0.2) is 11.5 Å². The van der Waals surface area contributed by atoms with Crippen molar-refractivity contribution >= 4 is 17.7 Å². The average Bonchev–Trinajstić information content (AvgIpc) is 3.03. The highest BCUT2D eigenvalue weighted by molar-refractivity contribution is 7.99. The van der Waals surface area contributed by atoms with Crippen molar-refractivity contribution in [3.8, 4) is 11.5 Å². The maximum absolute atomic E-state index is 12.1. The first-order valence-corrected chi connectivity index (χ1v) is 9.10. The second kappa shape index (κ2) is 7.62. The summed E-state index contributed by atoms with van der Waals surface area (Å²) in [4.78, 5) is 12.1. The summed E-state index contributed by atoms with van der Waals surface area (Å²) in [5, 5.41) is 3.06. The normalized spacial score (nSPS) is 13.6. The van der Waals surface area contributed by atoms with Crippen molar-refractivity contribution in [1.82, 2.24) is 5.32 Å². The minimum Gasteiger partial charge on any atom is -0.454 e. The van der Waals surface area contributed by atoms with E-state index < -0.39 is 0 Å². The van der Waals surface area contributed by atoms with Crippen molar-refractivity contribution in [3.05, 3.63) is 59.2 Å². The van der Waals surface area contributed by atoms with Gasteiger partial charge in [0.1, 0.15) is 0 Å². The van der Waals surface area contributed by atoms with Crippen molar-refractivity contribution in [2.24, 2.45) is 0 Å². The molecule has 0 bridgehead atoms. The van der Waals surface area contributed by atoms with Crippen molar-refractivity contribution in [2.75, 3.05) is 12.5 Å². The van der Waals surface area contributed by atoms with Crippen LogP contribution in [-0.2, 0) is 10.5 Å². The van der Waals surface area contributed by atoms with Crippen molar-refractivity contribution in [2.45, 2.75) is 25.6 Å². The number of ether oxygens (including phenoxy) is 2. The predicted molar refractivity (Wildman–Crippen MR) is 96.5 cm³/mol. The van der Waals surface area contributed by atoms with Crippen LogP contribution in [0.25, 0.3) is 0 Å². The number of thioether (sulfide) groups is 1. The van der Waals surface area contributed by atoms with Crippen LogP contribution in [0.2, 0.25) is 0 Å². The summed E-state index contributed by atoms with van der Waals surface area (Å²) >= 11 is 1.59. The highest BCUT2D eigenvalue weighted by Gasteiger charge is 2.14. The van der Waals surface area contributed by atoms with Crippen molar-refractivity contribution < 1.29 is 14.3 Å². The van der Waals surface area contributed by atoms with E-state index in [0.29, 0.717) is 5.75 Å². The standard InChI is InChI=1S/C19H21NO3S/c1-13-5-3-4-6-16(13)14(2)20-19(21)11-24-10-15-7-8-17-18(9-15)23-12-22-17/h3-9,14H,10-12H2,1-2H3,(H,20,21). The predicted octanol–water partition coefficient (Wildman–Crippen LogP) is 3.83. The minimum atomic E-state index is 0.0184. The van der Waals surface area contributed by atoms with Gasteiger partial charge in [-0.05, 0) is 42.7 Å². The van der Waals surface area contributed by atoms with Crippen LogP contribution in [-0.4, -0.2) is 18.5 Å². The summed E-state index contributed by atoms with van der Waals surface area (Å²) in [7, 11) is 0. The van der Waals surface area contributed by atoms with Crippen molar-refractivity contribution in [1.29, 1.82) is 0 Å². The third kappa shape index (κ3) is 4.03. The highest BCUT2D eigenvalue weighted by Crippen LogP contribution is 2.33. The zero-order valence-electron chi connectivity index (χ0n) is 13.9. The van der Waals surface area contributed by atoms with Crippen LogP contribution in [0.4, 0.5) is 0 Å². The minimum absolute atomic E-state index is 0.0184. The fourth-order valence-electron chi connectivity index (χ4n) is 2.73. The molecule has 1 atom stereocenters. The summed E-state index contributed by atoms with van der Waals surface area (Å²) in [5.41, 5.74) is 3.48. The number of carbonyl (C=O) groups is 1. The maximum atomic E-state index is 12.1. The molecule has 24 heavy (non-hydrogen) atoms. The number of nitrogens with one attached hydrogen (secondary N) is 1. The van der Waals surface area contributed by atoms with Gasteiger partial charge in [0, 0.05) is 5.75 Å². The first-order chi connectivity index (χ1) is 11.6. The molecule has 1 unspecified atom stereocenters. The molecule has 1 amide bonds. The molecule has 3 rings (SSSR count). The number of carbonyl (C=O) groups excluding carboxylic acids is 1. The topological polar surface area (TPSA) is 47.6 Å². The molecule has 0 aliphatic carbocycles. The number of hydrogen-bond acceptors (Lipinski definition) is 4. The summed E-state index contributed by atoms with van der Waals surface area (Å²) in [6, 6.07) is 14.0. The smallest absolute Gasteiger partial charge is 0.231 e. The Morgan fingerprint density at radius 1 is 1.21 bits per heavy atom. The monoisotopic (exact) mass is 343 g/mol.